The summed E-state index contributed by atoms with van der Waals surface area (Å²) in [6.45, 7) is 4.35. The summed E-state index contributed by atoms with van der Waals surface area (Å²) in [7, 11) is 2.35. The number of aliphatic carboxylic acids is 4. The van der Waals surface area contributed by atoms with E-state index in [-0.39, 0.29) is 102 Å². The second-order valence-corrected chi connectivity index (χ2v) is 23.9. The summed E-state index contributed by atoms with van der Waals surface area (Å²) in [6, 6.07) is 24.9. The average molecular weight is 1330 g/mol. The topological polar surface area (TPSA) is 359 Å². The Hall–Kier alpha value is -7.55. The first kappa shape index (κ1) is 76.9. The molecule has 92 heavy (non-hydrogen) atoms. The number of amides is 4. The zero-order chi connectivity index (χ0) is 66.7. The Labute approximate surface area is 537 Å². The van der Waals surface area contributed by atoms with Crippen molar-refractivity contribution in [3.8, 4) is 23.0 Å². The van der Waals surface area contributed by atoms with Crippen molar-refractivity contribution in [2.45, 2.75) is 50.6 Å². The first-order valence-corrected chi connectivity index (χ1v) is 32.3. The predicted octanol–water partition coefficient (Wildman–Crippen LogP) is 3.58. The standard InChI is InChI=1S/C63H86N4O23P2/c1-79-31-41-87-45-8-16-49(17-9-45)91(50-18-10-46(11-19-50)88-42-32-80-2)57(58(62(76)77)92(51-20-12-47(13-21-51)89-43-33-81-3)52-22-14-48(15-23-52)90-44-34-82-4)59(71)65-28-30-84-36-38-86-40-39-85-37-35-83-29-26-55(68)64-27-6-5-7-53(60(72)73)66-63(78)67-54(61(74)75)24-25-56(69)70/h8-23,53-54H,5-7,24-44H2,1-4H3,(H,64,68)(H,65,71)(H,69,70)(H,72,73)(H,74,75)(H,76,77)(H2,66,67,78)/b58-57-/t53-,54-/m0/s1. The second kappa shape index (κ2) is 45.7. The van der Waals surface area contributed by atoms with E-state index in [2.05, 4.69) is 21.3 Å². The van der Waals surface area contributed by atoms with Gasteiger partial charge in [0, 0.05) is 54.4 Å². The molecule has 4 amide bonds. The number of ether oxygens (including phenoxy) is 12. The summed E-state index contributed by atoms with van der Waals surface area (Å²) in [5.41, 5.74) is 0. The summed E-state index contributed by atoms with van der Waals surface area (Å²) in [4.78, 5) is 88.0. The number of benzene rings is 4. The van der Waals surface area contributed by atoms with Crippen LogP contribution in [0.5, 0.6) is 23.0 Å². The molecule has 0 unspecified atom stereocenters. The third-order valence-electron chi connectivity index (χ3n) is 12.9. The maximum Gasteiger partial charge on any atom is 0.337 e. The summed E-state index contributed by atoms with van der Waals surface area (Å²) in [6.07, 6.45) is -0.153. The lowest BCUT2D eigenvalue weighted by Crippen LogP contribution is -2.51. The van der Waals surface area contributed by atoms with Crippen molar-refractivity contribution in [1.29, 1.82) is 0 Å². The molecule has 0 aliphatic carbocycles. The van der Waals surface area contributed by atoms with Crippen LogP contribution < -0.4 is 61.4 Å². The van der Waals surface area contributed by atoms with Gasteiger partial charge in [-0.3, -0.25) is 14.4 Å². The SMILES string of the molecule is COCCOc1ccc(P(/C(C(=O)O)=C(/C(=O)NCCOCCOCCOCCOCCC(=O)NCCCC[C@H](NC(=O)N[C@@H](CCC(=O)O)C(=O)O)C(=O)O)P(c2ccc(OCCOC)cc2)c2ccc(OCCOC)cc2)c2ccc(OCCOC)cc2)cc1. The molecule has 4 aromatic rings. The van der Waals surface area contributed by atoms with Crippen molar-refractivity contribution in [1.82, 2.24) is 21.3 Å². The molecule has 0 radical (unpaired) electrons. The highest BCUT2D eigenvalue weighted by molar-refractivity contribution is 7.82. The van der Waals surface area contributed by atoms with Gasteiger partial charge < -0.3 is 98.5 Å². The zero-order valence-corrected chi connectivity index (χ0v) is 54.1. The number of methoxy groups -OCH3 is 4. The maximum atomic E-state index is 15.3. The van der Waals surface area contributed by atoms with E-state index in [1.54, 1.807) is 77.0 Å². The lowest BCUT2D eigenvalue weighted by molar-refractivity contribution is -0.141. The van der Waals surface area contributed by atoms with Gasteiger partial charge in [0.15, 0.2) is 0 Å². The lowest BCUT2D eigenvalue weighted by atomic mass is 10.1. The van der Waals surface area contributed by atoms with Crippen molar-refractivity contribution in [3.05, 3.63) is 108 Å². The van der Waals surface area contributed by atoms with E-state index in [4.69, 9.17) is 61.9 Å². The monoisotopic (exact) mass is 1330 g/mol. The largest absolute Gasteiger partial charge is 0.491 e. The minimum Gasteiger partial charge on any atom is -0.491 e. The zero-order valence-electron chi connectivity index (χ0n) is 52.3. The molecule has 0 bridgehead atoms. The number of nitrogens with one attached hydrogen (secondary N) is 4. The highest BCUT2D eigenvalue weighted by Gasteiger charge is 2.37. The molecule has 0 aliphatic heterocycles. The molecule has 8 N–H and O–H groups in total. The lowest BCUT2D eigenvalue weighted by Gasteiger charge is -2.28. The van der Waals surface area contributed by atoms with Gasteiger partial charge in [-0.05, 0) is 111 Å². The van der Waals surface area contributed by atoms with Crippen LogP contribution in [-0.4, -0.2) is 221 Å². The highest BCUT2D eigenvalue weighted by Crippen LogP contribution is 2.54. The van der Waals surface area contributed by atoms with Gasteiger partial charge in [0.1, 0.15) is 61.5 Å². The highest BCUT2D eigenvalue weighted by atomic mass is 31.1. The molecule has 0 aromatic heterocycles. The van der Waals surface area contributed by atoms with Crippen LogP contribution in [0.3, 0.4) is 0 Å². The number of rotatable bonds is 51. The Kier molecular flexibility index (Phi) is 38.2. The quantitative estimate of drug-likeness (QED) is 0.0178. The van der Waals surface area contributed by atoms with E-state index < -0.39 is 70.2 Å². The molecular formula is C63H86N4O23P2. The molecule has 2 atom stereocenters. The van der Waals surface area contributed by atoms with Crippen molar-refractivity contribution >= 4 is 78.8 Å². The van der Waals surface area contributed by atoms with Gasteiger partial charge in [-0.1, -0.05) is 48.5 Å². The summed E-state index contributed by atoms with van der Waals surface area (Å²) >= 11 is 0. The fourth-order valence-electron chi connectivity index (χ4n) is 8.35. The first-order valence-electron chi connectivity index (χ1n) is 29.7. The van der Waals surface area contributed by atoms with Crippen molar-refractivity contribution < 1.29 is 111 Å². The number of carbonyl (C=O) groups excluding carboxylic acids is 3. The summed E-state index contributed by atoms with van der Waals surface area (Å²) in [5.74, 6) is -4.06. The smallest absolute Gasteiger partial charge is 0.337 e. The Morgan fingerprint density at radius 1 is 0.391 bits per heavy atom. The van der Waals surface area contributed by atoms with Gasteiger partial charge in [-0.15, -0.1) is 0 Å². The molecule has 0 saturated heterocycles. The van der Waals surface area contributed by atoms with Gasteiger partial charge in [0.2, 0.25) is 5.91 Å². The second-order valence-electron chi connectivity index (χ2n) is 19.6. The van der Waals surface area contributed by atoms with E-state index in [9.17, 15) is 44.1 Å². The Morgan fingerprint density at radius 3 is 1.11 bits per heavy atom. The van der Waals surface area contributed by atoms with Crippen molar-refractivity contribution in [3.63, 3.8) is 0 Å². The first-order chi connectivity index (χ1) is 44.6. The van der Waals surface area contributed by atoms with Crippen LogP contribution in [0, 0.1) is 0 Å². The minimum absolute atomic E-state index is 0.00964. The molecule has 29 heteroatoms. The van der Waals surface area contributed by atoms with Crippen LogP contribution in [0.4, 0.5) is 4.79 Å². The van der Waals surface area contributed by atoms with Gasteiger partial charge in [0.05, 0.1) is 89.9 Å². The van der Waals surface area contributed by atoms with E-state index >= 15 is 4.79 Å². The Morgan fingerprint density at radius 2 is 0.750 bits per heavy atom. The van der Waals surface area contributed by atoms with Crippen LogP contribution in [0.1, 0.15) is 38.5 Å². The third kappa shape index (κ3) is 29.8. The van der Waals surface area contributed by atoms with Crippen LogP contribution in [-0.2, 0) is 66.7 Å². The molecule has 0 spiro atoms. The van der Waals surface area contributed by atoms with Gasteiger partial charge >= 0.3 is 29.9 Å². The number of unbranched alkanes of at least 4 members (excludes halogenated alkanes) is 1. The van der Waals surface area contributed by atoms with E-state index in [0.29, 0.717) is 110 Å². The molecule has 27 nitrogen and oxygen atoms in total. The molecular weight excluding hydrogens is 1240 g/mol. The molecule has 0 saturated carbocycles. The predicted molar refractivity (Wildman–Crippen MR) is 341 cm³/mol. The van der Waals surface area contributed by atoms with Gasteiger partial charge in [0.25, 0.3) is 5.91 Å². The normalized spacial score (nSPS) is 12.1. The molecule has 4 aromatic carbocycles. The summed E-state index contributed by atoms with van der Waals surface area (Å²) < 4.78 is 67.0. The minimum atomic E-state index is -2.00. The van der Waals surface area contributed by atoms with Crippen LogP contribution in [0.2, 0.25) is 0 Å². The fourth-order valence-corrected chi connectivity index (χ4v) is 13.5. The number of urea groups is 1. The Bertz CT molecular complexity index is 2750. The van der Waals surface area contributed by atoms with Gasteiger partial charge in [-0.2, -0.15) is 0 Å². The fraction of sp³-hybridized carbons (Fsp3) is 0.476. The molecule has 0 fully saturated rings. The van der Waals surface area contributed by atoms with E-state index in [0.717, 1.165) is 0 Å². The summed E-state index contributed by atoms with van der Waals surface area (Å²) in [5, 5.41) is 51.7. The van der Waals surface area contributed by atoms with Crippen LogP contribution in [0.25, 0.3) is 0 Å². The van der Waals surface area contributed by atoms with Crippen LogP contribution >= 0.6 is 15.8 Å². The molecule has 0 aliphatic rings. The number of hydrogen-bond donors (Lipinski definition) is 8. The molecule has 0 heterocycles. The van der Waals surface area contributed by atoms with Crippen molar-refractivity contribution in [2.75, 3.05) is 147 Å². The average Bonchev–Trinajstić information content (AvgIpc) is 0.772. The third-order valence-corrected chi connectivity index (χ3v) is 18.1. The number of carboxylic acid groups (broad SMARTS) is 4. The van der Waals surface area contributed by atoms with E-state index in [1.165, 1.54) is 0 Å². The molecule has 506 valence electrons. The van der Waals surface area contributed by atoms with Gasteiger partial charge in [-0.25, -0.2) is 19.2 Å². The van der Waals surface area contributed by atoms with E-state index in [1.807, 2.05) is 48.5 Å². The van der Waals surface area contributed by atoms with Crippen LogP contribution in [0.15, 0.2) is 108 Å². The number of carboxylic acids is 4. The number of carbonyl (C=O) groups is 7. The molecule has 4 rings (SSSR count). The van der Waals surface area contributed by atoms with Crippen molar-refractivity contribution in [2.24, 2.45) is 0 Å². The Balaban J connectivity index is 1.38. The number of hydrogen-bond acceptors (Lipinski definition) is 19. The maximum absolute atomic E-state index is 15.3.